The third-order valence-electron chi connectivity index (χ3n) is 3.59. The van der Waals surface area contributed by atoms with Gasteiger partial charge in [-0.2, -0.15) is 0 Å². The van der Waals surface area contributed by atoms with Gasteiger partial charge in [-0.3, -0.25) is 4.79 Å². The predicted molar refractivity (Wildman–Crippen MR) is 87.8 cm³/mol. The monoisotopic (exact) mass is 355 g/mol. The quantitative estimate of drug-likeness (QED) is 0.869. The van der Waals surface area contributed by atoms with Crippen LogP contribution in [0.2, 0.25) is 0 Å². The molecule has 0 spiro atoms. The minimum atomic E-state index is -0.577. The van der Waals surface area contributed by atoms with Gasteiger partial charge in [-0.25, -0.2) is 8.78 Å². The second kappa shape index (κ2) is 9.12. The molecular formula is C14H21Cl2F2N3O. The lowest BCUT2D eigenvalue weighted by Crippen LogP contribution is -2.41. The molecule has 4 nitrogen and oxygen atoms in total. The van der Waals surface area contributed by atoms with Gasteiger partial charge in [0, 0.05) is 31.6 Å². The number of para-hydroxylation sites is 1. The van der Waals surface area contributed by atoms with Crippen molar-refractivity contribution >= 4 is 36.4 Å². The van der Waals surface area contributed by atoms with E-state index in [1.807, 2.05) is 0 Å². The largest absolute Gasteiger partial charge is 0.365 e. The number of carbonyl (C=O) groups is 1. The second-order valence-electron chi connectivity index (χ2n) is 5.15. The molecule has 1 heterocycles. The molecule has 0 aromatic heterocycles. The highest BCUT2D eigenvalue weighted by molar-refractivity contribution is 5.85. The Labute approximate surface area is 141 Å². The smallest absolute Gasteiger partial charge is 0.224 e. The third kappa shape index (κ3) is 4.69. The molecule has 0 radical (unpaired) electrons. The number of amides is 1. The van der Waals surface area contributed by atoms with Crippen LogP contribution in [0.15, 0.2) is 18.2 Å². The van der Waals surface area contributed by atoms with Crippen molar-refractivity contribution in [3.8, 4) is 0 Å². The van der Waals surface area contributed by atoms with Crippen LogP contribution in [0.3, 0.4) is 0 Å². The standard InChI is InChI=1S/C14H19F2N3O.2ClH/c1-9(7-17)14(20)18-10-5-6-19(8-10)13-11(15)3-2-4-12(13)16;;/h2-4,9-10H,5-8,17H2,1H3,(H,18,20);2*1H. The summed E-state index contributed by atoms with van der Waals surface area (Å²) in [6.07, 6.45) is 0.663. The lowest BCUT2D eigenvalue weighted by Gasteiger charge is -2.20. The van der Waals surface area contributed by atoms with Crippen LogP contribution in [0.1, 0.15) is 13.3 Å². The molecule has 1 aromatic carbocycles. The summed E-state index contributed by atoms with van der Waals surface area (Å²) in [4.78, 5) is 13.4. The van der Waals surface area contributed by atoms with Gasteiger partial charge in [0.2, 0.25) is 5.91 Å². The van der Waals surface area contributed by atoms with E-state index in [1.54, 1.807) is 11.8 Å². The van der Waals surface area contributed by atoms with E-state index >= 15 is 0 Å². The number of nitrogens with two attached hydrogens (primary N) is 1. The predicted octanol–water partition coefficient (Wildman–Crippen LogP) is 2.10. The van der Waals surface area contributed by atoms with E-state index in [0.29, 0.717) is 19.5 Å². The zero-order valence-corrected chi connectivity index (χ0v) is 13.9. The van der Waals surface area contributed by atoms with E-state index < -0.39 is 11.6 Å². The van der Waals surface area contributed by atoms with Gasteiger partial charge in [0.05, 0.1) is 0 Å². The Morgan fingerprint density at radius 1 is 1.41 bits per heavy atom. The van der Waals surface area contributed by atoms with E-state index in [0.717, 1.165) is 0 Å². The van der Waals surface area contributed by atoms with E-state index in [1.165, 1.54) is 18.2 Å². The van der Waals surface area contributed by atoms with Crippen molar-refractivity contribution in [2.75, 3.05) is 24.5 Å². The highest BCUT2D eigenvalue weighted by Crippen LogP contribution is 2.26. The number of halogens is 4. The summed E-state index contributed by atoms with van der Waals surface area (Å²) in [5.74, 6) is -1.53. The number of hydrogen-bond donors (Lipinski definition) is 2. The molecule has 1 amide bonds. The van der Waals surface area contributed by atoms with Crippen LogP contribution in [0, 0.1) is 17.6 Å². The molecule has 126 valence electrons. The van der Waals surface area contributed by atoms with Crippen molar-refractivity contribution in [2.24, 2.45) is 11.7 Å². The van der Waals surface area contributed by atoms with Gasteiger partial charge in [-0.05, 0) is 18.6 Å². The molecule has 8 heteroatoms. The normalized spacial score (nSPS) is 18.2. The molecule has 0 aliphatic carbocycles. The maximum Gasteiger partial charge on any atom is 0.224 e. The lowest BCUT2D eigenvalue weighted by atomic mass is 10.1. The average Bonchev–Trinajstić information content (AvgIpc) is 2.85. The summed E-state index contributed by atoms with van der Waals surface area (Å²) in [5.41, 5.74) is 5.42. The van der Waals surface area contributed by atoms with E-state index in [9.17, 15) is 13.6 Å². The number of anilines is 1. The summed E-state index contributed by atoms with van der Waals surface area (Å²) < 4.78 is 27.4. The molecular weight excluding hydrogens is 335 g/mol. The molecule has 1 aliphatic heterocycles. The number of benzene rings is 1. The Balaban J connectivity index is 0.00000220. The fourth-order valence-corrected chi connectivity index (χ4v) is 2.32. The van der Waals surface area contributed by atoms with Crippen LogP contribution in [0.4, 0.5) is 14.5 Å². The van der Waals surface area contributed by atoms with Gasteiger partial charge in [-0.1, -0.05) is 13.0 Å². The number of rotatable bonds is 4. The third-order valence-corrected chi connectivity index (χ3v) is 3.59. The van der Waals surface area contributed by atoms with Crippen LogP contribution in [0.5, 0.6) is 0 Å². The molecule has 1 fully saturated rings. The first-order chi connectivity index (χ1) is 9.52. The van der Waals surface area contributed by atoms with Crippen molar-refractivity contribution in [1.29, 1.82) is 0 Å². The number of carbonyl (C=O) groups excluding carboxylic acids is 1. The van der Waals surface area contributed by atoms with Crippen LogP contribution in [-0.4, -0.2) is 31.6 Å². The molecule has 2 unspecified atom stereocenters. The van der Waals surface area contributed by atoms with Gasteiger partial charge < -0.3 is 16.0 Å². The highest BCUT2D eigenvalue weighted by atomic mass is 35.5. The van der Waals surface area contributed by atoms with Crippen LogP contribution < -0.4 is 16.0 Å². The minimum Gasteiger partial charge on any atom is -0.365 e. The molecule has 22 heavy (non-hydrogen) atoms. The molecule has 1 saturated heterocycles. The molecule has 0 bridgehead atoms. The van der Waals surface area contributed by atoms with Crippen molar-refractivity contribution in [3.63, 3.8) is 0 Å². The van der Waals surface area contributed by atoms with Gasteiger partial charge in [-0.15, -0.1) is 24.8 Å². The van der Waals surface area contributed by atoms with Gasteiger partial charge >= 0.3 is 0 Å². The van der Waals surface area contributed by atoms with E-state index in [-0.39, 0.29) is 54.9 Å². The Bertz CT molecular complexity index is 485. The zero-order chi connectivity index (χ0) is 14.7. The first kappa shape index (κ1) is 20.9. The fourth-order valence-electron chi connectivity index (χ4n) is 2.32. The van der Waals surface area contributed by atoms with Crippen LogP contribution in [-0.2, 0) is 4.79 Å². The SMILES string of the molecule is CC(CN)C(=O)NC1CCN(c2c(F)cccc2F)C1.Cl.Cl. The molecule has 3 N–H and O–H groups in total. The molecule has 1 aliphatic rings. The number of nitrogens with one attached hydrogen (secondary N) is 1. The average molecular weight is 356 g/mol. The van der Waals surface area contributed by atoms with Crippen LogP contribution >= 0.6 is 24.8 Å². The van der Waals surface area contributed by atoms with Crippen LogP contribution in [0.25, 0.3) is 0 Å². The number of hydrogen-bond acceptors (Lipinski definition) is 3. The summed E-state index contributed by atoms with van der Waals surface area (Å²) in [5, 5.41) is 2.86. The fraction of sp³-hybridized carbons (Fsp3) is 0.500. The molecule has 1 aromatic rings. The Hall–Kier alpha value is -1.11. The van der Waals surface area contributed by atoms with Crippen molar-refractivity contribution in [3.05, 3.63) is 29.8 Å². The first-order valence-corrected chi connectivity index (χ1v) is 6.72. The van der Waals surface area contributed by atoms with Crippen molar-refractivity contribution < 1.29 is 13.6 Å². The summed E-state index contributed by atoms with van der Waals surface area (Å²) in [6.45, 7) is 2.95. The first-order valence-electron chi connectivity index (χ1n) is 6.72. The van der Waals surface area contributed by atoms with Gasteiger partial charge in [0.15, 0.2) is 0 Å². The second-order valence-corrected chi connectivity index (χ2v) is 5.15. The summed E-state index contributed by atoms with van der Waals surface area (Å²) in [7, 11) is 0. The van der Waals surface area contributed by atoms with E-state index in [2.05, 4.69) is 5.32 Å². The number of nitrogens with zero attached hydrogens (tertiary/aromatic N) is 1. The molecule has 0 saturated carbocycles. The van der Waals surface area contributed by atoms with Gasteiger partial charge in [0.25, 0.3) is 0 Å². The minimum absolute atomic E-state index is 0. The van der Waals surface area contributed by atoms with Crippen molar-refractivity contribution in [1.82, 2.24) is 5.32 Å². The highest BCUT2D eigenvalue weighted by Gasteiger charge is 2.28. The molecule has 2 atom stereocenters. The van der Waals surface area contributed by atoms with Gasteiger partial charge in [0.1, 0.15) is 17.3 Å². The summed E-state index contributed by atoms with van der Waals surface area (Å²) >= 11 is 0. The maximum absolute atomic E-state index is 13.7. The Morgan fingerprint density at radius 2 is 2.00 bits per heavy atom. The Kier molecular flexibility index (Phi) is 8.66. The summed E-state index contributed by atoms with van der Waals surface area (Å²) in [6, 6.07) is 3.71. The molecule has 2 rings (SSSR count). The Morgan fingerprint density at radius 3 is 2.55 bits per heavy atom. The maximum atomic E-state index is 13.7. The van der Waals surface area contributed by atoms with Crippen molar-refractivity contribution in [2.45, 2.75) is 19.4 Å². The topological polar surface area (TPSA) is 58.4 Å². The van der Waals surface area contributed by atoms with E-state index in [4.69, 9.17) is 5.73 Å². The lowest BCUT2D eigenvalue weighted by molar-refractivity contribution is -0.124. The zero-order valence-electron chi connectivity index (χ0n) is 12.2.